The van der Waals surface area contributed by atoms with Gasteiger partial charge in [0.25, 0.3) is 0 Å². The van der Waals surface area contributed by atoms with Gasteiger partial charge in [0.05, 0.1) is 6.10 Å². The predicted octanol–water partition coefficient (Wildman–Crippen LogP) is 2.60. The molecular formula is C16H31ClN2O2S. The summed E-state index contributed by atoms with van der Waals surface area (Å²) >= 11 is 1.94. The van der Waals surface area contributed by atoms with Crippen LogP contribution in [0.3, 0.4) is 0 Å². The van der Waals surface area contributed by atoms with Gasteiger partial charge in [0.2, 0.25) is 5.91 Å². The maximum Gasteiger partial charge on any atom is 0.221 e. The van der Waals surface area contributed by atoms with Gasteiger partial charge in [-0.3, -0.25) is 4.79 Å². The maximum atomic E-state index is 12.3. The van der Waals surface area contributed by atoms with Gasteiger partial charge in [0.1, 0.15) is 0 Å². The van der Waals surface area contributed by atoms with Gasteiger partial charge in [-0.1, -0.05) is 13.8 Å². The Bertz CT molecular complexity index is 347. The van der Waals surface area contributed by atoms with Crippen molar-refractivity contribution < 1.29 is 9.53 Å². The molecule has 2 aliphatic rings. The highest BCUT2D eigenvalue weighted by Gasteiger charge is 2.53. The van der Waals surface area contributed by atoms with Crippen LogP contribution in [0, 0.1) is 5.41 Å². The highest BCUT2D eigenvalue weighted by molar-refractivity contribution is 7.99. The van der Waals surface area contributed by atoms with Gasteiger partial charge < -0.3 is 15.4 Å². The molecule has 130 valence electrons. The summed E-state index contributed by atoms with van der Waals surface area (Å²) in [6.07, 6.45) is 4.01. The maximum absolute atomic E-state index is 12.3. The lowest BCUT2D eigenvalue weighted by Crippen LogP contribution is -2.64. The summed E-state index contributed by atoms with van der Waals surface area (Å²) in [6.45, 7) is 8.26. The lowest BCUT2D eigenvalue weighted by molar-refractivity contribution is -0.148. The largest absolute Gasteiger partial charge is 0.378 e. The Labute approximate surface area is 145 Å². The van der Waals surface area contributed by atoms with Gasteiger partial charge in [0.15, 0.2) is 0 Å². The van der Waals surface area contributed by atoms with Crippen molar-refractivity contribution in [1.29, 1.82) is 0 Å². The Hall–Kier alpha value is 0.0300. The van der Waals surface area contributed by atoms with Crippen LogP contribution in [0.4, 0.5) is 0 Å². The molecule has 4 nitrogen and oxygen atoms in total. The quantitative estimate of drug-likeness (QED) is 0.741. The lowest BCUT2D eigenvalue weighted by atomic mass is 9.58. The van der Waals surface area contributed by atoms with Gasteiger partial charge in [-0.15, -0.1) is 12.4 Å². The molecule has 0 radical (unpaired) electrons. The van der Waals surface area contributed by atoms with Crippen molar-refractivity contribution >= 4 is 30.1 Å². The molecule has 0 aromatic rings. The Kier molecular flexibility index (Phi) is 8.54. The fraction of sp³-hybridized carbons (Fsp3) is 0.938. The van der Waals surface area contributed by atoms with E-state index in [1.807, 2.05) is 18.7 Å². The summed E-state index contributed by atoms with van der Waals surface area (Å²) in [5, 5.41) is 6.71. The van der Waals surface area contributed by atoms with E-state index in [-0.39, 0.29) is 29.8 Å². The van der Waals surface area contributed by atoms with Crippen molar-refractivity contribution in [1.82, 2.24) is 10.6 Å². The number of thioether (sulfide) groups is 1. The van der Waals surface area contributed by atoms with Crippen LogP contribution in [0.15, 0.2) is 0 Å². The number of hydrogen-bond acceptors (Lipinski definition) is 4. The minimum absolute atomic E-state index is 0. The van der Waals surface area contributed by atoms with Gasteiger partial charge in [0, 0.05) is 48.6 Å². The lowest BCUT2D eigenvalue weighted by Gasteiger charge is -2.55. The van der Waals surface area contributed by atoms with Gasteiger partial charge in [-0.25, -0.2) is 0 Å². The van der Waals surface area contributed by atoms with Gasteiger partial charge in [-0.05, 0) is 26.2 Å². The zero-order chi connectivity index (χ0) is 15.3. The Balaban J connectivity index is 0.00000242. The van der Waals surface area contributed by atoms with Crippen molar-refractivity contribution in [3.8, 4) is 0 Å². The smallest absolute Gasteiger partial charge is 0.221 e. The monoisotopic (exact) mass is 350 g/mol. The summed E-state index contributed by atoms with van der Waals surface area (Å²) in [6, 6.07) is 0.622. The molecule has 0 aromatic heterocycles. The Morgan fingerprint density at radius 1 is 1.36 bits per heavy atom. The molecular weight excluding hydrogens is 320 g/mol. The van der Waals surface area contributed by atoms with E-state index in [9.17, 15) is 4.79 Å². The molecule has 0 spiro atoms. The zero-order valence-electron chi connectivity index (χ0n) is 14.0. The molecule has 1 heterocycles. The fourth-order valence-corrected chi connectivity index (χ4v) is 4.76. The molecule has 1 saturated carbocycles. The second-order valence-corrected chi connectivity index (χ2v) is 7.32. The molecule has 6 heteroatoms. The summed E-state index contributed by atoms with van der Waals surface area (Å²) in [7, 11) is 0. The molecule has 2 rings (SSSR count). The fourth-order valence-electron chi connectivity index (χ4n) is 3.81. The number of ether oxygens (including phenoxy) is 1. The molecule has 1 aliphatic heterocycles. The highest BCUT2D eigenvalue weighted by atomic mass is 35.5. The average Bonchev–Trinajstić information content (AvgIpc) is 2.48. The van der Waals surface area contributed by atoms with E-state index >= 15 is 0 Å². The average molecular weight is 351 g/mol. The van der Waals surface area contributed by atoms with E-state index in [0.29, 0.717) is 18.6 Å². The van der Waals surface area contributed by atoms with Crippen LogP contribution >= 0.6 is 24.2 Å². The number of halogens is 1. The molecule has 1 aliphatic carbocycles. The molecule has 0 aromatic carbocycles. The first kappa shape index (κ1) is 20.1. The molecule has 22 heavy (non-hydrogen) atoms. The Morgan fingerprint density at radius 3 is 2.64 bits per heavy atom. The van der Waals surface area contributed by atoms with Crippen molar-refractivity contribution in [2.45, 2.75) is 64.6 Å². The second kappa shape index (κ2) is 9.36. The van der Waals surface area contributed by atoms with Crippen LogP contribution in [-0.2, 0) is 9.53 Å². The number of hydrogen-bond donors (Lipinski definition) is 2. The van der Waals surface area contributed by atoms with E-state index in [2.05, 4.69) is 24.5 Å². The third-order valence-corrected chi connectivity index (χ3v) is 6.37. The van der Waals surface area contributed by atoms with E-state index in [1.54, 1.807) is 0 Å². The first-order valence-electron chi connectivity index (χ1n) is 8.38. The first-order chi connectivity index (χ1) is 10.2. The van der Waals surface area contributed by atoms with Crippen LogP contribution in [-0.4, -0.2) is 48.8 Å². The molecule has 2 fully saturated rings. The van der Waals surface area contributed by atoms with E-state index in [0.717, 1.165) is 43.9 Å². The summed E-state index contributed by atoms with van der Waals surface area (Å²) in [4.78, 5) is 12.3. The van der Waals surface area contributed by atoms with E-state index in [1.165, 1.54) is 0 Å². The minimum atomic E-state index is 0. The number of nitrogens with one attached hydrogen (secondary N) is 2. The van der Waals surface area contributed by atoms with Crippen LogP contribution in [0.25, 0.3) is 0 Å². The molecule has 1 saturated heterocycles. The first-order valence-corrected chi connectivity index (χ1v) is 9.53. The van der Waals surface area contributed by atoms with Crippen LogP contribution in [0.1, 0.15) is 46.5 Å². The van der Waals surface area contributed by atoms with E-state index < -0.39 is 0 Å². The number of rotatable bonds is 7. The summed E-state index contributed by atoms with van der Waals surface area (Å²) in [5.41, 5.74) is 0.139. The normalized spacial score (nSPS) is 30.0. The van der Waals surface area contributed by atoms with Crippen LogP contribution in [0.5, 0.6) is 0 Å². The third kappa shape index (κ3) is 4.31. The number of carbonyl (C=O) groups is 1. The highest BCUT2D eigenvalue weighted by Crippen LogP contribution is 2.48. The third-order valence-electron chi connectivity index (χ3n) is 5.23. The van der Waals surface area contributed by atoms with Gasteiger partial charge >= 0.3 is 0 Å². The Morgan fingerprint density at radius 2 is 2.09 bits per heavy atom. The van der Waals surface area contributed by atoms with Crippen molar-refractivity contribution in [3.05, 3.63) is 0 Å². The van der Waals surface area contributed by atoms with Crippen LogP contribution < -0.4 is 10.6 Å². The summed E-state index contributed by atoms with van der Waals surface area (Å²) in [5.74, 6) is 2.40. The number of amides is 1. The predicted molar refractivity (Wildman–Crippen MR) is 96.0 cm³/mol. The van der Waals surface area contributed by atoms with Gasteiger partial charge in [-0.2, -0.15) is 11.8 Å². The van der Waals surface area contributed by atoms with Crippen molar-refractivity contribution in [3.63, 3.8) is 0 Å². The summed E-state index contributed by atoms with van der Waals surface area (Å²) < 4.78 is 5.87. The number of carbonyl (C=O) groups excluding carboxylic acids is 1. The van der Waals surface area contributed by atoms with Crippen molar-refractivity contribution in [2.24, 2.45) is 5.41 Å². The zero-order valence-corrected chi connectivity index (χ0v) is 15.7. The SMILES string of the molecule is CCOC1CC(NC(=O)CC2CSCCN2)C1(CC)CC.Cl. The van der Waals surface area contributed by atoms with Crippen LogP contribution in [0.2, 0.25) is 0 Å². The topological polar surface area (TPSA) is 50.4 Å². The molecule has 1 amide bonds. The standard InChI is InChI=1S/C16H30N2O2S.ClH/c1-4-16(5-2)13(10-14(16)20-6-3)18-15(19)9-12-11-21-8-7-17-12;/h12-14,17H,4-11H2,1-3H3,(H,18,19);1H. The molecule has 3 unspecified atom stereocenters. The second-order valence-electron chi connectivity index (χ2n) is 6.17. The molecule has 3 atom stereocenters. The minimum Gasteiger partial charge on any atom is -0.378 e. The van der Waals surface area contributed by atoms with E-state index in [4.69, 9.17) is 4.74 Å². The van der Waals surface area contributed by atoms with Crippen molar-refractivity contribution in [2.75, 3.05) is 24.7 Å². The molecule has 0 bridgehead atoms. The molecule has 2 N–H and O–H groups in total.